The van der Waals surface area contributed by atoms with Gasteiger partial charge in [0.2, 0.25) is 0 Å². The van der Waals surface area contributed by atoms with Crippen LogP contribution in [0.15, 0.2) is 47.3 Å². The number of hydrogen-bond acceptors (Lipinski definition) is 2. The molecule has 3 nitrogen and oxygen atoms in total. The molecule has 1 aromatic carbocycles. The van der Waals surface area contributed by atoms with Gasteiger partial charge in [0.25, 0.3) is 5.56 Å². The highest BCUT2D eigenvalue weighted by molar-refractivity contribution is 8.93. The van der Waals surface area contributed by atoms with Gasteiger partial charge in [-0.2, -0.15) is 5.10 Å². The lowest BCUT2D eigenvalue weighted by Gasteiger charge is -2.03. The van der Waals surface area contributed by atoms with Crippen LogP contribution in [0.2, 0.25) is 0 Å². The van der Waals surface area contributed by atoms with Gasteiger partial charge in [0.05, 0.1) is 5.69 Å². The third-order valence-electron chi connectivity index (χ3n) is 2.24. The topological polar surface area (TPSA) is 34.9 Å². The fraction of sp³-hybridized carbons (Fsp3) is 0.167. The second-order valence-electron chi connectivity index (χ2n) is 3.24. The lowest BCUT2D eigenvalue weighted by atomic mass is 10.1. The van der Waals surface area contributed by atoms with Gasteiger partial charge in [-0.25, -0.2) is 4.68 Å². The zero-order valence-corrected chi connectivity index (χ0v) is 10.7. The van der Waals surface area contributed by atoms with Crippen LogP contribution in [0.1, 0.15) is 6.92 Å². The van der Waals surface area contributed by atoms with Gasteiger partial charge in [0.1, 0.15) is 0 Å². The Labute approximate surface area is 105 Å². The highest BCUT2D eigenvalue weighted by atomic mass is 79.9. The van der Waals surface area contributed by atoms with Crippen LogP contribution in [0, 0.1) is 0 Å². The van der Waals surface area contributed by atoms with E-state index < -0.39 is 0 Å². The van der Waals surface area contributed by atoms with Crippen molar-refractivity contribution in [3.8, 4) is 11.3 Å². The molecular formula is C12H13BrN2O. The first-order chi connectivity index (χ1) is 7.31. The van der Waals surface area contributed by atoms with Gasteiger partial charge < -0.3 is 0 Å². The molecule has 0 saturated heterocycles. The minimum absolute atomic E-state index is 0. The first-order valence-corrected chi connectivity index (χ1v) is 4.95. The third-order valence-corrected chi connectivity index (χ3v) is 2.24. The van der Waals surface area contributed by atoms with E-state index in [1.807, 2.05) is 37.3 Å². The Bertz CT molecular complexity index is 508. The van der Waals surface area contributed by atoms with Gasteiger partial charge in [0.15, 0.2) is 0 Å². The number of aromatic nitrogens is 2. The van der Waals surface area contributed by atoms with E-state index in [0.717, 1.165) is 11.3 Å². The van der Waals surface area contributed by atoms with Crippen molar-refractivity contribution >= 4 is 17.0 Å². The number of aryl methyl sites for hydroxylation is 1. The molecule has 16 heavy (non-hydrogen) atoms. The summed E-state index contributed by atoms with van der Waals surface area (Å²) in [5.74, 6) is 0. The highest BCUT2D eigenvalue weighted by Crippen LogP contribution is 2.13. The van der Waals surface area contributed by atoms with E-state index in [2.05, 4.69) is 5.10 Å². The molecule has 0 fully saturated rings. The number of nitrogens with zero attached hydrogens (tertiary/aromatic N) is 2. The molecule has 84 valence electrons. The molecule has 0 spiro atoms. The third kappa shape index (κ3) is 2.58. The largest absolute Gasteiger partial charge is 0.268 e. The summed E-state index contributed by atoms with van der Waals surface area (Å²) < 4.78 is 1.46. The lowest BCUT2D eigenvalue weighted by molar-refractivity contribution is 0.619. The number of halogens is 1. The maximum Gasteiger partial charge on any atom is 0.266 e. The molecule has 0 atom stereocenters. The zero-order chi connectivity index (χ0) is 10.7. The monoisotopic (exact) mass is 280 g/mol. The Morgan fingerprint density at radius 2 is 1.81 bits per heavy atom. The van der Waals surface area contributed by atoms with E-state index >= 15 is 0 Å². The second-order valence-corrected chi connectivity index (χ2v) is 3.24. The fourth-order valence-electron chi connectivity index (χ4n) is 1.44. The molecule has 4 heteroatoms. The van der Waals surface area contributed by atoms with Crippen molar-refractivity contribution in [2.75, 3.05) is 0 Å². The summed E-state index contributed by atoms with van der Waals surface area (Å²) >= 11 is 0. The zero-order valence-electron chi connectivity index (χ0n) is 8.96. The summed E-state index contributed by atoms with van der Waals surface area (Å²) in [6.45, 7) is 2.50. The molecule has 0 aliphatic heterocycles. The Hall–Kier alpha value is -1.42. The summed E-state index contributed by atoms with van der Waals surface area (Å²) in [6, 6.07) is 13.1. The summed E-state index contributed by atoms with van der Waals surface area (Å²) in [5.41, 5.74) is 1.80. The van der Waals surface area contributed by atoms with Crippen molar-refractivity contribution < 1.29 is 0 Å². The molecule has 0 bridgehead atoms. The molecule has 1 aromatic heterocycles. The van der Waals surface area contributed by atoms with Gasteiger partial charge in [0, 0.05) is 18.2 Å². The number of benzene rings is 1. The van der Waals surface area contributed by atoms with Crippen LogP contribution in [-0.4, -0.2) is 9.78 Å². The van der Waals surface area contributed by atoms with Crippen LogP contribution in [0.25, 0.3) is 11.3 Å². The average molecular weight is 281 g/mol. The summed E-state index contributed by atoms with van der Waals surface area (Å²) in [5, 5.41) is 4.27. The maximum atomic E-state index is 11.3. The Morgan fingerprint density at radius 1 is 1.12 bits per heavy atom. The van der Waals surface area contributed by atoms with Gasteiger partial charge >= 0.3 is 0 Å². The average Bonchev–Trinajstić information content (AvgIpc) is 2.31. The van der Waals surface area contributed by atoms with Gasteiger partial charge in [-0.1, -0.05) is 30.3 Å². The van der Waals surface area contributed by atoms with E-state index in [-0.39, 0.29) is 22.5 Å². The number of hydrogen-bond donors (Lipinski definition) is 0. The Kier molecular flexibility index (Phi) is 4.43. The van der Waals surface area contributed by atoms with Crippen molar-refractivity contribution in [2.45, 2.75) is 13.5 Å². The maximum absolute atomic E-state index is 11.3. The minimum Gasteiger partial charge on any atom is -0.268 e. The standard InChI is InChI=1S/C12H12N2O.BrH/c1-2-14-12(15)9-8-11(13-14)10-6-4-3-5-7-10;/h3-9H,2H2,1H3;1H. The molecule has 0 N–H and O–H groups in total. The van der Waals surface area contributed by atoms with E-state index in [1.165, 1.54) is 4.68 Å². The van der Waals surface area contributed by atoms with Gasteiger partial charge in [-0.05, 0) is 13.0 Å². The van der Waals surface area contributed by atoms with E-state index in [0.29, 0.717) is 6.54 Å². The van der Waals surface area contributed by atoms with Gasteiger partial charge in [-0.3, -0.25) is 4.79 Å². The van der Waals surface area contributed by atoms with Crippen molar-refractivity contribution in [3.05, 3.63) is 52.8 Å². The first kappa shape index (κ1) is 12.6. The minimum atomic E-state index is -0.0582. The van der Waals surface area contributed by atoms with E-state index in [9.17, 15) is 4.79 Å². The van der Waals surface area contributed by atoms with Crippen molar-refractivity contribution in [1.29, 1.82) is 0 Å². The highest BCUT2D eigenvalue weighted by Gasteiger charge is 2.00. The Balaban J connectivity index is 0.00000128. The Morgan fingerprint density at radius 3 is 2.44 bits per heavy atom. The molecule has 0 saturated carbocycles. The molecule has 1 heterocycles. The quantitative estimate of drug-likeness (QED) is 0.847. The molecular weight excluding hydrogens is 268 g/mol. The summed E-state index contributed by atoms with van der Waals surface area (Å²) in [6.07, 6.45) is 0. The first-order valence-electron chi connectivity index (χ1n) is 4.95. The predicted octanol–water partition coefficient (Wildman–Crippen LogP) is 2.51. The van der Waals surface area contributed by atoms with Crippen LogP contribution in [0.3, 0.4) is 0 Å². The molecule has 0 amide bonds. The van der Waals surface area contributed by atoms with Crippen molar-refractivity contribution in [1.82, 2.24) is 9.78 Å². The van der Waals surface area contributed by atoms with Crippen LogP contribution in [0.4, 0.5) is 0 Å². The molecule has 0 aliphatic rings. The molecule has 2 rings (SSSR count). The van der Waals surface area contributed by atoms with E-state index in [1.54, 1.807) is 12.1 Å². The van der Waals surface area contributed by atoms with Crippen molar-refractivity contribution in [3.63, 3.8) is 0 Å². The van der Waals surface area contributed by atoms with Crippen LogP contribution < -0.4 is 5.56 Å². The predicted molar refractivity (Wildman–Crippen MR) is 69.9 cm³/mol. The molecule has 2 aromatic rings. The normalized spacial score (nSPS) is 9.56. The smallest absolute Gasteiger partial charge is 0.266 e. The van der Waals surface area contributed by atoms with E-state index in [4.69, 9.17) is 0 Å². The van der Waals surface area contributed by atoms with Crippen LogP contribution in [0.5, 0.6) is 0 Å². The van der Waals surface area contributed by atoms with Crippen LogP contribution in [-0.2, 0) is 6.54 Å². The molecule has 0 radical (unpaired) electrons. The van der Waals surface area contributed by atoms with Gasteiger partial charge in [-0.15, -0.1) is 17.0 Å². The second kappa shape index (κ2) is 5.61. The fourth-order valence-corrected chi connectivity index (χ4v) is 1.44. The lowest BCUT2D eigenvalue weighted by Crippen LogP contribution is -2.20. The van der Waals surface area contributed by atoms with Crippen molar-refractivity contribution in [2.24, 2.45) is 0 Å². The number of rotatable bonds is 2. The molecule has 0 aliphatic carbocycles. The summed E-state index contributed by atoms with van der Waals surface area (Å²) in [7, 11) is 0. The summed E-state index contributed by atoms with van der Waals surface area (Å²) in [4.78, 5) is 11.3. The molecule has 0 unspecified atom stereocenters. The van der Waals surface area contributed by atoms with Crippen LogP contribution >= 0.6 is 17.0 Å². The SMILES string of the molecule is Br.CCn1nc(-c2ccccc2)ccc1=O.